The van der Waals surface area contributed by atoms with E-state index in [1.807, 2.05) is 13.8 Å². The van der Waals surface area contributed by atoms with Crippen LogP contribution in [0.3, 0.4) is 0 Å². The number of pyridine rings is 1. The first-order valence-electron chi connectivity index (χ1n) is 10.5. The molecule has 1 fully saturated rings. The smallest absolute Gasteiger partial charge is 0.253 e. The first kappa shape index (κ1) is 23.8. The molecule has 2 heterocycles. The van der Waals surface area contributed by atoms with Crippen molar-refractivity contribution >= 4 is 26.8 Å². The molecule has 4 rings (SSSR count). The van der Waals surface area contributed by atoms with E-state index in [1.165, 1.54) is 18.3 Å². The molecule has 7 nitrogen and oxygen atoms in total. The highest BCUT2D eigenvalue weighted by Crippen LogP contribution is 2.37. The van der Waals surface area contributed by atoms with E-state index in [9.17, 15) is 22.0 Å². The van der Waals surface area contributed by atoms with Crippen LogP contribution in [0.15, 0.2) is 47.6 Å². The molecule has 1 aliphatic rings. The van der Waals surface area contributed by atoms with Crippen LogP contribution >= 0.6 is 0 Å². The molecule has 1 aromatic carbocycles. The fourth-order valence-electron chi connectivity index (χ4n) is 3.56. The highest BCUT2D eigenvalue weighted by atomic mass is 32.2. The van der Waals surface area contributed by atoms with Crippen molar-refractivity contribution < 1.29 is 22.0 Å². The lowest BCUT2D eigenvalue weighted by Gasteiger charge is -2.28. The molecule has 3 aromatic rings. The van der Waals surface area contributed by atoms with Crippen LogP contribution < -0.4 is 5.32 Å². The molecule has 0 aliphatic heterocycles. The van der Waals surface area contributed by atoms with Gasteiger partial charge in [0.2, 0.25) is 5.92 Å². The van der Waals surface area contributed by atoms with Crippen molar-refractivity contribution in [1.82, 2.24) is 20.5 Å². The van der Waals surface area contributed by atoms with Gasteiger partial charge in [0, 0.05) is 31.0 Å². The molecule has 2 aromatic heterocycles. The number of sulfone groups is 1. The van der Waals surface area contributed by atoms with E-state index < -0.39 is 33.9 Å². The number of alkyl halides is 2. The number of H-pyrrole nitrogens is 1. The van der Waals surface area contributed by atoms with Crippen molar-refractivity contribution in [2.24, 2.45) is 0 Å². The lowest BCUT2D eigenvalue weighted by atomic mass is 9.96. The van der Waals surface area contributed by atoms with Gasteiger partial charge in [-0.25, -0.2) is 22.2 Å². The fraction of sp³-hybridized carbons (Fsp3) is 0.409. The van der Waals surface area contributed by atoms with E-state index in [0.29, 0.717) is 11.2 Å². The van der Waals surface area contributed by atoms with Gasteiger partial charge < -0.3 is 5.32 Å². The number of rotatable bonds is 5. The second kappa shape index (κ2) is 9.72. The maximum atomic E-state index is 13.3. The Hall–Kier alpha value is -2.88. The first-order valence-corrected chi connectivity index (χ1v) is 12.1. The van der Waals surface area contributed by atoms with E-state index >= 15 is 0 Å². The average molecular weight is 465 g/mol. The van der Waals surface area contributed by atoms with Gasteiger partial charge in [0.15, 0.2) is 15.5 Å². The lowest BCUT2D eigenvalue weighted by Crippen LogP contribution is -2.32. The summed E-state index contributed by atoms with van der Waals surface area (Å²) in [5.74, 6) is -3.09. The maximum Gasteiger partial charge on any atom is 0.253 e. The van der Waals surface area contributed by atoms with Gasteiger partial charge in [-0.3, -0.25) is 9.89 Å². The molecule has 0 atom stereocenters. The van der Waals surface area contributed by atoms with E-state index in [0.717, 1.165) is 10.9 Å². The highest BCUT2D eigenvalue weighted by Gasteiger charge is 2.40. The Morgan fingerprint density at radius 1 is 1.16 bits per heavy atom. The van der Waals surface area contributed by atoms with Crippen molar-refractivity contribution in [3.63, 3.8) is 0 Å². The maximum absolute atomic E-state index is 13.3. The summed E-state index contributed by atoms with van der Waals surface area (Å²) in [5, 5.41) is 9.26. The van der Waals surface area contributed by atoms with Gasteiger partial charge in [0.05, 0.1) is 21.9 Å². The van der Waals surface area contributed by atoms with Gasteiger partial charge in [-0.15, -0.1) is 0 Å². The third-order valence-corrected chi connectivity index (χ3v) is 7.64. The summed E-state index contributed by atoms with van der Waals surface area (Å²) in [7, 11) is -3.66. The molecule has 1 saturated carbocycles. The third kappa shape index (κ3) is 5.29. The fourth-order valence-corrected chi connectivity index (χ4v) is 5.32. The summed E-state index contributed by atoms with van der Waals surface area (Å²) >= 11 is 0. The van der Waals surface area contributed by atoms with E-state index in [4.69, 9.17) is 0 Å². The first-order chi connectivity index (χ1) is 15.2. The number of halogens is 2. The minimum absolute atomic E-state index is 0.0395. The zero-order chi connectivity index (χ0) is 23.4. The number of fused-ring (bicyclic) bond motifs is 1. The van der Waals surface area contributed by atoms with Crippen LogP contribution in [0, 0.1) is 0 Å². The SMILES string of the molecule is CC.O=C(NCc1ccc(S(=O)(=O)C2CCC(F)(F)CC2)cc1)c1cnc2[nH]ncc2c1. The number of aromatic amines is 1. The largest absolute Gasteiger partial charge is 0.348 e. The minimum atomic E-state index is -3.66. The van der Waals surface area contributed by atoms with Gasteiger partial charge in [-0.05, 0) is 36.6 Å². The minimum Gasteiger partial charge on any atom is -0.348 e. The van der Waals surface area contributed by atoms with Crippen molar-refractivity contribution in [3.8, 4) is 0 Å². The predicted octanol–water partition coefficient (Wildman–Crippen LogP) is 4.27. The van der Waals surface area contributed by atoms with Crippen LogP contribution in [0.4, 0.5) is 8.78 Å². The molecule has 10 heteroatoms. The Morgan fingerprint density at radius 2 is 1.81 bits per heavy atom. The standard InChI is InChI=1S/C20H20F2N4O3S.C2H6/c21-20(22)7-5-17(6-8-20)30(28,29)16-3-1-13(2-4-16)10-24-19(27)15-9-14-12-25-26-18(14)23-11-15;1-2/h1-4,9,11-12,17H,5-8,10H2,(H,24,27)(H,23,25,26);1-2H3. The van der Waals surface area contributed by atoms with Crippen molar-refractivity contribution in [2.75, 3.05) is 0 Å². The molecule has 32 heavy (non-hydrogen) atoms. The van der Waals surface area contributed by atoms with E-state index in [2.05, 4.69) is 20.5 Å². The number of benzene rings is 1. The Morgan fingerprint density at radius 3 is 2.47 bits per heavy atom. The lowest BCUT2D eigenvalue weighted by molar-refractivity contribution is -0.0328. The third-order valence-electron chi connectivity index (χ3n) is 5.36. The quantitative estimate of drug-likeness (QED) is 0.587. The molecular formula is C22H26F2N4O3S. The summed E-state index contributed by atoms with van der Waals surface area (Å²) in [5.41, 5.74) is 1.69. The van der Waals surface area contributed by atoms with Gasteiger partial charge >= 0.3 is 0 Å². The van der Waals surface area contributed by atoms with Gasteiger partial charge in [-0.2, -0.15) is 5.10 Å². The van der Waals surface area contributed by atoms with Crippen LogP contribution in [0.2, 0.25) is 0 Å². The monoisotopic (exact) mass is 464 g/mol. The van der Waals surface area contributed by atoms with Crippen molar-refractivity contribution in [1.29, 1.82) is 0 Å². The molecule has 0 saturated heterocycles. The van der Waals surface area contributed by atoms with E-state index in [1.54, 1.807) is 24.4 Å². The second-order valence-electron chi connectivity index (χ2n) is 7.46. The van der Waals surface area contributed by atoms with Crippen LogP contribution in [-0.2, 0) is 16.4 Å². The Kier molecular flexibility index (Phi) is 7.22. The van der Waals surface area contributed by atoms with Crippen LogP contribution in [0.5, 0.6) is 0 Å². The van der Waals surface area contributed by atoms with Crippen LogP contribution in [-0.4, -0.2) is 40.7 Å². The molecule has 0 bridgehead atoms. The number of nitrogens with one attached hydrogen (secondary N) is 2. The average Bonchev–Trinajstić information content (AvgIpc) is 3.27. The number of carbonyl (C=O) groups is 1. The molecule has 1 amide bonds. The number of carbonyl (C=O) groups excluding carboxylic acids is 1. The summed E-state index contributed by atoms with van der Waals surface area (Å²) < 4.78 is 52.1. The normalized spacial score (nSPS) is 16.2. The second-order valence-corrected chi connectivity index (χ2v) is 9.69. The van der Waals surface area contributed by atoms with Gasteiger partial charge in [0.1, 0.15) is 0 Å². The highest BCUT2D eigenvalue weighted by molar-refractivity contribution is 7.92. The summed E-state index contributed by atoms with van der Waals surface area (Å²) in [4.78, 5) is 16.6. The van der Waals surface area contributed by atoms with Gasteiger partial charge in [-0.1, -0.05) is 26.0 Å². The van der Waals surface area contributed by atoms with Crippen molar-refractivity contribution in [2.45, 2.75) is 62.1 Å². The molecule has 172 valence electrons. The van der Waals surface area contributed by atoms with E-state index in [-0.39, 0.29) is 30.2 Å². The summed E-state index contributed by atoms with van der Waals surface area (Å²) in [6.07, 6.45) is 2.14. The van der Waals surface area contributed by atoms with Gasteiger partial charge in [0.25, 0.3) is 5.91 Å². The number of aromatic nitrogens is 3. The number of amides is 1. The molecule has 0 radical (unpaired) electrons. The number of hydrogen-bond acceptors (Lipinski definition) is 5. The van der Waals surface area contributed by atoms with Crippen molar-refractivity contribution in [3.05, 3.63) is 53.9 Å². The Labute approximate surface area is 185 Å². The zero-order valence-electron chi connectivity index (χ0n) is 17.9. The summed E-state index contributed by atoms with van der Waals surface area (Å²) in [6.45, 7) is 4.21. The molecule has 0 unspecified atom stereocenters. The molecule has 0 spiro atoms. The van der Waals surface area contributed by atoms with Crippen LogP contribution in [0.1, 0.15) is 55.5 Å². The number of hydrogen-bond donors (Lipinski definition) is 2. The number of nitrogens with zero attached hydrogens (tertiary/aromatic N) is 2. The Bertz CT molecular complexity index is 1170. The Balaban J connectivity index is 0.00000141. The molecule has 2 N–H and O–H groups in total. The van der Waals surface area contributed by atoms with Crippen LogP contribution in [0.25, 0.3) is 11.0 Å². The zero-order valence-corrected chi connectivity index (χ0v) is 18.8. The molecular weight excluding hydrogens is 438 g/mol. The topological polar surface area (TPSA) is 105 Å². The summed E-state index contributed by atoms with van der Waals surface area (Å²) in [6, 6.07) is 7.82. The predicted molar refractivity (Wildman–Crippen MR) is 117 cm³/mol. The molecule has 1 aliphatic carbocycles.